The molecule has 0 aliphatic heterocycles. The second-order valence-corrected chi connectivity index (χ2v) is 23.3. The zero-order chi connectivity index (χ0) is 49.2. The summed E-state index contributed by atoms with van der Waals surface area (Å²) in [7, 11) is 0.845. The summed E-state index contributed by atoms with van der Waals surface area (Å²) in [4.78, 5) is 54.5. The van der Waals surface area contributed by atoms with E-state index in [4.69, 9.17) is 40.5 Å². The van der Waals surface area contributed by atoms with Gasteiger partial charge in [-0.25, -0.2) is 0 Å². The number of hydrogen-bond acceptors (Lipinski definition) is 10. The van der Waals surface area contributed by atoms with Crippen molar-refractivity contribution in [2.24, 2.45) is 17.6 Å². The fourth-order valence-corrected chi connectivity index (χ4v) is 15.4. The van der Waals surface area contributed by atoms with Gasteiger partial charge in [0, 0.05) is 33.0 Å². The molecular formula is C52H58Cl3N3O9P+. The number of unbranched alkanes of at least 4 members (excludes halogenated alkanes) is 8. The van der Waals surface area contributed by atoms with Gasteiger partial charge in [-0.15, -0.1) is 0 Å². The summed E-state index contributed by atoms with van der Waals surface area (Å²) in [6.07, 6.45) is 8.31. The maximum absolute atomic E-state index is 14.3. The standard InChI is InChI=1S/C52H57Cl3N3O9P/c1-29-36-26-27-37(45(60)40(36)46(61)41-39(29)47(62)43-44(58(2)3)48(63)42(51(56)66)50(65)52(43,67)49(41)64)57-38(59)13-11-9-7-5-4-6-8-10-12-28-68(33-20-14-30(53)15-21-33,34-22-16-31(54)17-23-34)35-24-18-32(55)19-25-35/h14-27,29,39,43-44,47,62,67H,4-13,28H2,1-3H3,(H5-,56,57,59,60,61,63,64,65,66)/p+1/t29-,39+,43+,44-,47-,52-/m0/s1. The van der Waals surface area contributed by atoms with Gasteiger partial charge in [-0.3, -0.25) is 24.1 Å². The first kappa shape index (κ1) is 51.1. The number of ketones is 2. The lowest BCUT2D eigenvalue weighted by atomic mass is 9.54. The first-order valence-corrected chi connectivity index (χ1v) is 26.1. The molecule has 2 amide bonds. The summed E-state index contributed by atoms with van der Waals surface area (Å²) in [6.45, 7) is 1.65. The molecule has 4 aromatic carbocycles. The number of fused-ring (bicyclic) bond motifs is 3. The van der Waals surface area contributed by atoms with Crippen molar-refractivity contribution in [3.05, 3.63) is 128 Å². The molecule has 1 fully saturated rings. The van der Waals surface area contributed by atoms with Crippen molar-refractivity contribution < 1.29 is 44.7 Å². The van der Waals surface area contributed by atoms with Crippen LogP contribution in [0.2, 0.25) is 15.1 Å². The molecule has 0 spiro atoms. The number of amides is 2. The zero-order valence-corrected chi connectivity index (χ0v) is 41.4. The molecule has 1 saturated carbocycles. The highest BCUT2D eigenvalue weighted by molar-refractivity contribution is 7.95. The Balaban J connectivity index is 0.924. The van der Waals surface area contributed by atoms with Crippen LogP contribution in [-0.4, -0.2) is 91.8 Å². The van der Waals surface area contributed by atoms with E-state index in [-0.39, 0.29) is 23.6 Å². The predicted molar refractivity (Wildman–Crippen MR) is 270 cm³/mol. The summed E-state index contributed by atoms with van der Waals surface area (Å²) in [5.74, 6) is -10.2. The minimum atomic E-state index is -3.02. The minimum Gasteiger partial charge on any atom is -0.508 e. The van der Waals surface area contributed by atoms with Gasteiger partial charge in [0.1, 0.15) is 46.0 Å². The van der Waals surface area contributed by atoms with Crippen LogP contribution in [0, 0.1) is 11.8 Å². The van der Waals surface area contributed by atoms with E-state index in [0.29, 0.717) is 27.1 Å². The maximum atomic E-state index is 14.3. The van der Waals surface area contributed by atoms with Crippen molar-refractivity contribution in [3.63, 3.8) is 0 Å². The maximum Gasteiger partial charge on any atom is 0.255 e. The van der Waals surface area contributed by atoms with Gasteiger partial charge in [0.2, 0.25) is 11.7 Å². The predicted octanol–water partition coefficient (Wildman–Crippen LogP) is 8.29. The average Bonchev–Trinajstić information content (AvgIpc) is 3.29. The second kappa shape index (κ2) is 21.1. The molecule has 360 valence electrons. The van der Waals surface area contributed by atoms with E-state index in [1.807, 2.05) is 36.4 Å². The highest BCUT2D eigenvalue weighted by Crippen LogP contribution is 2.58. The number of carbonyl (C=O) groups is 4. The number of rotatable bonds is 18. The molecule has 0 heterocycles. The summed E-state index contributed by atoms with van der Waals surface area (Å²) < 4.78 is 0. The molecule has 7 rings (SSSR count). The van der Waals surface area contributed by atoms with Crippen molar-refractivity contribution in [2.45, 2.75) is 94.8 Å². The van der Waals surface area contributed by atoms with Gasteiger partial charge in [0.15, 0.2) is 11.4 Å². The Labute approximate surface area is 412 Å². The molecule has 4 aromatic rings. The Morgan fingerprint density at radius 2 is 1.21 bits per heavy atom. The lowest BCUT2D eigenvalue weighted by Crippen LogP contribution is -2.70. The number of primary amides is 1. The summed E-state index contributed by atoms with van der Waals surface area (Å²) >= 11 is 19.1. The molecule has 68 heavy (non-hydrogen) atoms. The van der Waals surface area contributed by atoms with Crippen molar-refractivity contribution in [1.82, 2.24) is 4.90 Å². The quantitative estimate of drug-likeness (QED) is 0.0219. The number of benzene rings is 4. The van der Waals surface area contributed by atoms with Crippen LogP contribution in [0.25, 0.3) is 5.76 Å². The van der Waals surface area contributed by atoms with Gasteiger partial charge >= 0.3 is 0 Å². The number of aliphatic hydroxyl groups is 4. The molecule has 0 bridgehead atoms. The normalized spacial score (nSPS) is 22.5. The van der Waals surface area contributed by atoms with E-state index >= 15 is 0 Å². The van der Waals surface area contributed by atoms with Crippen LogP contribution < -0.4 is 27.0 Å². The first-order chi connectivity index (χ1) is 32.4. The number of hydrogen-bond donors (Lipinski definition) is 7. The zero-order valence-electron chi connectivity index (χ0n) is 38.2. The number of carbonyl (C=O) groups excluding carboxylic acids is 4. The van der Waals surface area contributed by atoms with Gasteiger partial charge < -0.3 is 36.6 Å². The Bertz CT molecular complexity index is 2530. The van der Waals surface area contributed by atoms with Crippen LogP contribution in [0.5, 0.6) is 5.75 Å². The average molecular weight is 1010 g/mol. The monoisotopic (exact) mass is 1000 g/mol. The van der Waals surface area contributed by atoms with E-state index in [1.54, 1.807) is 13.0 Å². The van der Waals surface area contributed by atoms with Gasteiger partial charge in [0.05, 0.1) is 35.5 Å². The number of phenolic OH excluding ortho intramolecular Hbond substituents is 1. The minimum absolute atomic E-state index is 0.0180. The summed E-state index contributed by atoms with van der Waals surface area (Å²) in [5.41, 5.74) is 1.04. The molecule has 6 atom stereocenters. The smallest absolute Gasteiger partial charge is 0.255 e. The fourth-order valence-electron chi connectivity index (χ4n) is 10.7. The molecule has 0 saturated heterocycles. The van der Waals surface area contributed by atoms with E-state index in [2.05, 4.69) is 41.7 Å². The molecule has 3 aliphatic rings. The third-order valence-corrected chi connectivity index (χ3v) is 19.4. The Hall–Kier alpha value is -4.78. The number of nitrogens with zero attached hydrogens (tertiary/aromatic N) is 1. The molecule has 0 aromatic heterocycles. The molecule has 8 N–H and O–H groups in total. The van der Waals surface area contributed by atoms with Crippen LogP contribution in [-0.2, 0) is 19.2 Å². The van der Waals surface area contributed by atoms with Crippen molar-refractivity contribution in [3.8, 4) is 5.75 Å². The number of phenols is 1. The molecule has 3 aliphatic carbocycles. The Morgan fingerprint density at radius 3 is 1.68 bits per heavy atom. The highest BCUT2D eigenvalue weighted by atomic mass is 35.5. The third-order valence-electron chi connectivity index (χ3n) is 14.1. The first-order valence-electron chi connectivity index (χ1n) is 23.0. The van der Waals surface area contributed by atoms with Gasteiger partial charge in [0.25, 0.3) is 5.91 Å². The number of nitrogens with one attached hydrogen (secondary N) is 1. The Kier molecular flexibility index (Phi) is 15.8. The van der Waals surface area contributed by atoms with E-state index in [1.165, 1.54) is 41.0 Å². The summed E-state index contributed by atoms with van der Waals surface area (Å²) in [6, 6.07) is 26.2. The van der Waals surface area contributed by atoms with Gasteiger partial charge in [-0.1, -0.05) is 86.3 Å². The number of anilines is 1. The number of Topliss-reactive ketones (excluding diaryl/α,β-unsaturated/α-hetero) is 2. The molecule has 0 radical (unpaired) electrons. The number of aliphatic hydroxyl groups excluding tert-OH is 3. The third kappa shape index (κ3) is 9.46. The van der Waals surface area contributed by atoms with Crippen LogP contribution in [0.1, 0.15) is 88.2 Å². The fraction of sp³-hybridized carbons (Fsp3) is 0.385. The van der Waals surface area contributed by atoms with Crippen molar-refractivity contribution in [2.75, 3.05) is 25.6 Å². The van der Waals surface area contributed by atoms with Crippen LogP contribution in [0.3, 0.4) is 0 Å². The van der Waals surface area contributed by atoms with Gasteiger partial charge in [-0.2, -0.15) is 0 Å². The number of likely N-dealkylation sites (N-methyl/N-ethyl adjacent to an activating group) is 1. The molecule has 16 heteroatoms. The van der Waals surface area contributed by atoms with Crippen molar-refractivity contribution in [1.29, 1.82) is 0 Å². The second-order valence-electron chi connectivity index (χ2n) is 18.4. The number of halogens is 3. The van der Waals surface area contributed by atoms with Crippen LogP contribution in [0.15, 0.2) is 102 Å². The number of aromatic hydroxyl groups is 1. The largest absolute Gasteiger partial charge is 0.508 e. The Morgan fingerprint density at radius 1 is 0.735 bits per heavy atom. The molecule has 0 unspecified atom stereocenters. The van der Waals surface area contributed by atoms with E-state index in [0.717, 1.165) is 57.5 Å². The lowest BCUT2D eigenvalue weighted by Gasteiger charge is -2.53. The highest BCUT2D eigenvalue weighted by Gasteiger charge is 2.68. The SMILES string of the molecule is C[C@H]1c2ccc(NC(=O)CCCCCCCCCCC[P+](c3ccc(Cl)cc3)(c3ccc(Cl)cc3)c3ccc(Cl)cc3)c(O)c2C(O)=C2C(=O)[C@]3(O)C(O)=C(C(N)=O)C(=O)[C@@H](N(C)C)[C@@H]3[C@@H](O)[C@@H]21. The van der Waals surface area contributed by atoms with Crippen molar-refractivity contribution >= 4 is 92.8 Å². The van der Waals surface area contributed by atoms with E-state index in [9.17, 15) is 44.7 Å². The molecule has 12 nitrogen and oxygen atoms in total. The molecular weight excluding hydrogens is 948 g/mol. The van der Waals surface area contributed by atoms with E-state index < -0.39 is 88.7 Å². The summed E-state index contributed by atoms with van der Waals surface area (Å²) in [5, 5.41) is 66.6. The topological polar surface area (TPSA) is 211 Å². The van der Waals surface area contributed by atoms with Gasteiger partial charge in [-0.05, 0) is 124 Å². The van der Waals surface area contributed by atoms with Crippen LogP contribution in [0.4, 0.5) is 5.69 Å². The lowest BCUT2D eigenvalue weighted by molar-refractivity contribution is -0.169. The number of nitrogens with two attached hydrogens (primary N) is 1. The van der Waals surface area contributed by atoms with Crippen LogP contribution >= 0.6 is 42.1 Å².